The summed E-state index contributed by atoms with van der Waals surface area (Å²) in [6, 6.07) is 1.42. The van der Waals surface area contributed by atoms with Crippen LogP contribution in [-0.4, -0.2) is 35.1 Å². The number of aromatic nitrogens is 6. The quantitative estimate of drug-likeness (QED) is 0.491. The zero-order valence-corrected chi connectivity index (χ0v) is 14.7. The van der Waals surface area contributed by atoms with Crippen molar-refractivity contribution < 1.29 is 4.39 Å². The maximum Gasteiger partial charge on any atom is 0.277 e. The summed E-state index contributed by atoms with van der Waals surface area (Å²) >= 11 is 1.46. The average Bonchev–Trinajstić information content (AvgIpc) is 2.97. The highest BCUT2D eigenvalue weighted by molar-refractivity contribution is 7.99. The molecule has 3 aromatic heterocycles. The molecule has 0 saturated carbocycles. The molecule has 0 unspecified atom stereocenters. The van der Waals surface area contributed by atoms with Crippen LogP contribution in [0.15, 0.2) is 40.9 Å². The summed E-state index contributed by atoms with van der Waals surface area (Å²) in [6.07, 6.45) is 6.38. The van der Waals surface area contributed by atoms with Gasteiger partial charge in [-0.25, -0.2) is 9.37 Å². The summed E-state index contributed by atoms with van der Waals surface area (Å²) in [7, 11) is 1.77. The van der Waals surface area contributed by atoms with E-state index in [0.717, 1.165) is 11.9 Å². The van der Waals surface area contributed by atoms with E-state index in [1.165, 1.54) is 17.8 Å². The predicted molar refractivity (Wildman–Crippen MR) is 92.0 cm³/mol. The number of halogens is 1. The summed E-state index contributed by atoms with van der Waals surface area (Å²) in [5.41, 5.74) is 0.901. The van der Waals surface area contributed by atoms with Gasteiger partial charge in [0.05, 0.1) is 12.7 Å². The molecule has 0 radical (unpaired) electrons. The standard InChI is InChI=1S/C16H17FN6OS/c1-3-25-16-20-15(24)12(5-14-19-10-22(2)21-14)9-23(16)8-11-4-13(17)7-18-6-11/h4,6-7,9-10H,3,5,8H2,1-2H3. The first-order chi connectivity index (χ1) is 12.0. The van der Waals surface area contributed by atoms with Gasteiger partial charge in [0.2, 0.25) is 0 Å². The molecule has 0 aromatic carbocycles. The molecule has 3 aromatic rings. The third-order valence-electron chi connectivity index (χ3n) is 3.41. The molecule has 0 aliphatic heterocycles. The van der Waals surface area contributed by atoms with Crippen LogP contribution in [0.3, 0.4) is 0 Å². The normalized spacial score (nSPS) is 11.0. The third kappa shape index (κ3) is 4.30. The first kappa shape index (κ1) is 17.3. The Balaban J connectivity index is 1.96. The lowest BCUT2D eigenvalue weighted by Crippen LogP contribution is -2.20. The van der Waals surface area contributed by atoms with Gasteiger partial charge in [0.15, 0.2) is 11.0 Å². The van der Waals surface area contributed by atoms with Crippen molar-refractivity contribution >= 4 is 11.8 Å². The Hall–Kier alpha value is -2.55. The maximum absolute atomic E-state index is 13.4. The van der Waals surface area contributed by atoms with Gasteiger partial charge in [0, 0.05) is 31.4 Å². The lowest BCUT2D eigenvalue weighted by molar-refractivity contribution is 0.608. The topological polar surface area (TPSA) is 78.5 Å². The third-order valence-corrected chi connectivity index (χ3v) is 4.29. The van der Waals surface area contributed by atoms with Gasteiger partial charge in [0.1, 0.15) is 12.1 Å². The number of hydrogen-bond donors (Lipinski definition) is 0. The molecule has 7 nitrogen and oxygen atoms in total. The molecule has 0 bridgehead atoms. The summed E-state index contributed by atoms with van der Waals surface area (Å²) < 4.78 is 16.8. The van der Waals surface area contributed by atoms with Crippen molar-refractivity contribution in [3.8, 4) is 0 Å². The van der Waals surface area contributed by atoms with Gasteiger partial charge in [-0.05, 0) is 17.4 Å². The molecule has 0 spiro atoms. The highest BCUT2D eigenvalue weighted by Crippen LogP contribution is 2.16. The van der Waals surface area contributed by atoms with Gasteiger partial charge in [-0.3, -0.25) is 14.5 Å². The molecule has 0 N–H and O–H groups in total. The molecule has 3 rings (SSSR count). The number of pyridine rings is 1. The van der Waals surface area contributed by atoms with E-state index in [2.05, 4.69) is 20.1 Å². The molecule has 9 heteroatoms. The van der Waals surface area contributed by atoms with Crippen molar-refractivity contribution in [1.29, 1.82) is 0 Å². The second-order valence-electron chi connectivity index (χ2n) is 5.44. The van der Waals surface area contributed by atoms with E-state index in [-0.39, 0.29) is 5.56 Å². The number of hydrogen-bond acceptors (Lipinski definition) is 6. The first-order valence-electron chi connectivity index (χ1n) is 7.72. The van der Waals surface area contributed by atoms with Crippen LogP contribution in [0.4, 0.5) is 4.39 Å². The smallest absolute Gasteiger partial charge is 0.277 e. The van der Waals surface area contributed by atoms with E-state index in [1.54, 1.807) is 30.5 Å². The van der Waals surface area contributed by atoms with Crippen LogP contribution < -0.4 is 5.56 Å². The summed E-state index contributed by atoms with van der Waals surface area (Å²) in [6.45, 7) is 2.36. The van der Waals surface area contributed by atoms with Crippen LogP contribution in [0.2, 0.25) is 0 Å². The fourth-order valence-corrected chi connectivity index (χ4v) is 3.06. The van der Waals surface area contributed by atoms with Crippen LogP contribution in [0.1, 0.15) is 23.9 Å². The maximum atomic E-state index is 13.4. The fraction of sp³-hybridized carbons (Fsp3) is 0.312. The molecule has 3 heterocycles. The minimum absolute atomic E-state index is 0.294. The van der Waals surface area contributed by atoms with Crippen molar-refractivity contribution in [2.24, 2.45) is 7.05 Å². The van der Waals surface area contributed by atoms with Crippen molar-refractivity contribution in [2.45, 2.75) is 25.0 Å². The largest absolute Gasteiger partial charge is 0.323 e. The molecule has 130 valence electrons. The Morgan fingerprint density at radius 2 is 2.16 bits per heavy atom. The number of rotatable bonds is 6. The SMILES string of the molecule is CCSc1nc(=O)c(Cc2ncn(C)n2)cn1Cc1cncc(F)c1. The number of aryl methyl sites for hydroxylation is 1. The Kier molecular flexibility index (Phi) is 5.22. The van der Waals surface area contributed by atoms with Gasteiger partial charge in [-0.2, -0.15) is 10.1 Å². The van der Waals surface area contributed by atoms with E-state index < -0.39 is 5.82 Å². The average molecular weight is 360 g/mol. The molecule has 0 aliphatic carbocycles. The molecule has 0 amide bonds. The van der Waals surface area contributed by atoms with Crippen LogP contribution in [-0.2, 0) is 20.0 Å². The van der Waals surface area contributed by atoms with Crippen LogP contribution in [0, 0.1) is 5.82 Å². The molecular weight excluding hydrogens is 343 g/mol. The van der Waals surface area contributed by atoms with Crippen molar-refractivity contribution in [3.63, 3.8) is 0 Å². The second-order valence-corrected chi connectivity index (χ2v) is 6.67. The summed E-state index contributed by atoms with van der Waals surface area (Å²) in [4.78, 5) is 24.5. The Labute approximate surface area is 148 Å². The molecule has 25 heavy (non-hydrogen) atoms. The molecule has 0 aliphatic rings. The Morgan fingerprint density at radius 3 is 2.84 bits per heavy atom. The van der Waals surface area contributed by atoms with Gasteiger partial charge >= 0.3 is 0 Å². The monoisotopic (exact) mass is 360 g/mol. The van der Waals surface area contributed by atoms with Gasteiger partial charge < -0.3 is 4.57 Å². The number of nitrogens with zero attached hydrogens (tertiary/aromatic N) is 6. The van der Waals surface area contributed by atoms with E-state index in [9.17, 15) is 9.18 Å². The summed E-state index contributed by atoms with van der Waals surface area (Å²) in [5.74, 6) is 0.931. The lowest BCUT2D eigenvalue weighted by Gasteiger charge is -2.13. The second kappa shape index (κ2) is 7.56. The number of thioether (sulfide) groups is 1. The molecular formula is C16H17FN6OS. The Bertz CT molecular complexity index is 938. The minimum atomic E-state index is -0.394. The van der Waals surface area contributed by atoms with Crippen LogP contribution in [0.5, 0.6) is 0 Å². The predicted octanol–water partition coefficient (Wildman–Crippen LogP) is 1.66. The van der Waals surface area contributed by atoms with Crippen molar-refractivity contribution in [3.05, 3.63) is 64.1 Å². The zero-order chi connectivity index (χ0) is 17.8. The zero-order valence-electron chi connectivity index (χ0n) is 13.9. The lowest BCUT2D eigenvalue weighted by atomic mass is 10.2. The van der Waals surface area contributed by atoms with E-state index in [0.29, 0.717) is 35.1 Å². The highest BCUT2D eigenvalue weighted by Gasteiger charge is 2.12. The van der Waals surface area contributed by atoms with Crippen LogP contribution in [0.25, 0.3) is 0 Å². The van der Waals surface area contributed by atoms with Gasteiger partial charge in [-0.1, -0.05) is 18.7 Å². The van der Waals surface area contributed by atoms with E-state index in [1.807, 2.05) is 11.5 Å². The Morgan fingerprint density at radius 1 is 1.32 bits per heavy atom. The highest BCUT2D eigenvalue weighted by atomic mass is 32.2. The van der Waals surface area contributed by atoms with Crippen molar-refractivity contribution in [2.75, 3.05) is 5.75 Å². The van der Waals surface area contributed by atoms with Gasteiger partial charge in [-0.15, -0.1) is 0 Å². The van der Waals surface area contributed by atoms with Gasteiger partial charge in [0.25, 0.3) is 5.56 Å². The first-order valence-corrected chi connectivity index (χ1v) is 8.71. The summed E-state index contributed by atoms with van der Waals surface area (Å²) in [5, 5.41) is 4.79. The minimum Gasteiger partial charge on any atom is -0.323 e. The van der Waals surface area contributed by atoms with Crippen LogP contribution >= 0.6 is 11.8 Å². The molecule has 0 atom stereocenters. The van der Waals surface area contributed by atoms with E-state index >= 15 is 0 Å². The van der Waals surface area contributed by atoms with E-state index in [4.69, 9.17) is 0 Å². The molecule has 0 fully saturated rings. The van der Waals surface area contributed by atoms with Crippen molar-refractivity contribution in [1.82, 2.24) is 29.3 Å². The molecule has 0 saturated heterocycles. The fourth-order valence-electron chi connectivity index (χ4n) is 2.37.